The topological polar surface area (TPSA) is 55.3 Å². The van der Waals surface area contributed by atoms with Gasteiger partial charge in [-0.3, -0.25) is 4.79 Å². The van der Waals surface area contributed by atoms with Gasteiger partial charge in [-0.15, -0.1) is 0 Å². The largest absolute Gasteiger partial charge is 0.383 e. The van der Waals surface area contributed by atoms with Crippen LogP contribution in [0, 0.1) is 0 Å². The van der Waals surface area contributed by atoms with Crippen molar-refractivity contribution in [2.75, 3.05) is 25.6 Å². The van der Waals surface area contributed by atoms with E-state index in [1.165, 1.54) is 5.39 Å². The van der Waals surface area contributed by atoms with E-state index in [-0.39, 0.29) is 11.9 Å². The number of aromatic nitrogens is 1. The second-order valence-corrected chi connectivity index (χ2v) is 5.41. The molecule has 5 nitrogen and oxygen atoms in total. The van der Waals surface area contributed by atoms with Crippen molar-refractivity contribution < 1.29 is 9.53 Å². The fourth-order valence-electron chi connectivity index (χ4n) is 2.78. The summed E-state index contributed by atoms with van der Waals surface area (Å²) >= 11 is 0. The molecule has 2 N–H and O–H groups in total. The van der Waals surface area contributed by atoms with Crippen LogP contribution in [0.25, 0.3) is 10.9 Å². The Hall–Kier alpha value is -1.85. The molecule has 3 rings (SSSR count). The number of amides is 1. The highest BCUT2D eigenvalue weighted by Crippen LogP contribution is 2.21. The maximum absolute atomic E-state index is 12.1. The van der Waals surface area contributed by atoms with Gasteiger partial charge in [0.1, 0.15) is 0 Å². The molecule has 1 atom stereocenters. The molecule has 112 valence electrons. The van der Waals surface area contributed by atoms with Gasteiger partial charge in [-0.1, -0.05) is 6.07 Å². The molecule has 1 amide bonds. The molecular formula is C16H21N3O2. The molecule has 5 heteroatoms. The SMILES string of the molecule is COCCn1ccc2ccc(NC(=O)C3CCCN3)cc21. The Morgan fingerprint density at radius 3 is 3.14 bits per heavy atom. The predicted molar refractivity (Wildman–Crippen MR) is 83.5 cm³/mol. The molecule has 1 aromatic carbocycles. The van der Waals surface area contributed by atoms with Gasteiger partial charge in [0.05, 0.1) is 18.2 Å². The lowest BCUT2D eigenvalue weighted by Crippen LogP contribution is -2.35. The Bertz CT molecular complexity index is 629. The standard InChI is InChI=1S/C16H21N3O2/c1-21-10-9-19-8-6-12-4-5-13(11-15(12)19)18-16(20)14-3-2-7-17-14/h4-6,8,11,14,17H,2-3,7,9-10H2,1H3,(H,18,20). The molecule has 1 aliphatic rings. The number of carbonyl (C=O) groups is 1. The zero-order chi connectivity index (χ0) is 14.7. The van der Waals surface area contributed by atoms with Gasteiger partial charge in [-0.25, -0.2) is 0 Å². The van der Waals surface area contributed by atoms with E-state index in [1.807, 2.05) is 24.4 Å². The normalized spacial score (nSPS) is 18.2. The van der Waals surface area contributed by atoms with Crippen molar-refractivity contribution in [3.05, 3.63) is 30.5 Å². The molecule has 1 aliphatic heterocycles. The highest BCUT2D eigenvalue weighted by molar-refractivity contribution is 5.97. The number of ether oxygens (including phenoxy) is 1. The minimum atomic E-state index is -0.0547. The van der Waals surface area contributed by atoms with Gasteiger partial charge in [-0.2, -0.15) is 0 Å². The predicted octanol–water partition coefficient (Wildman–Crippen LogP) is 1.98. The van der Waals surface area contributed by atoms with Crippen molar-refractivity contribution in [2.45, 2.75) is 25.4 Å². The number of anilines is 1. The van der Waals surface area contributed by atoms with Crippen molar-refractivity contribution in [1.29, 1.82) is 0 Å². The van der Waals surface area contributed by atoms with Gasteiger partial charge in [0, 0.05) is 25.5 Å². The van der Waals surface area contributed by atoms with Crippen LogP contribution in [-0.4, -0.2) is 36.8 Å². The Kier molecular flexibility index (Phi) is 4.22. The summed E-state index contributed by atoms with van der Waals surface area (Å²) in [7, 11) is 1.70. The zero-order valence-electron chi connectivity index (χ0n) is 12.3. The summed E-state index contributed by atoms with van der Waals surface area (Å²) in [6.45, 7) is 2.41. The van der Waals surface area contributed by atoms with E-state index in [4.69, 9.17) is 4.74 Å². The van der Waals surface area contributed by atoms with Crippen LogP contribution in [0.4, 0.5) is 5.69 Å². The molecule has 1 fully saturated rings. The van der Waals surface area contributed by atoms with E-state index in [9.17, 15) is 4.79 Å². The van der Waals surface area contributed by atoms with Crippen molar-refractivity contribution in [1.82, 2.24) is 9.88 Å². The highest BCUT2D eigenvalue weighted by atomic mass is 16.5. The number of nitrogens with one attached hydrogen (secondary N) is 2. The Morgan fingerprint density at radius 1 is 1.48 bits per heavy atom. The maximum Gasteiger partial charge on any atom is 0.241 e. The summed E-state index contributed by atoms with van der Waals surface area (Å²) in [6.07, 6.45) is 4.03. The number of hydrogen-bond acceptors (Lipinski definition) is 3. The van der Waals surface area contributed by atoms with Crippen molar-refractivity contribution in [2.24, 2.45) is 0 Å². The third-order valence-electron chi connectivity index (χ3n) is 3.95. The van der Waals surface area contributed by atoms with Crippen LogP contribution in [0.5, 0.6) is 0 Å². The summed E-state index contributed by atoms with van der Waals surface area (Å²) in [6, 6.07) is 8.04. The number of carbonyl (C=O) groups excluding carboxylic acids is 1. The summed E-state index contributed by atoms with van der Waals surface area (Å²) in [4.78, 5) is 12.1. The van der Waals surface area contributed by atoms with Crippen LogP contribution in [0.2, 0.25) is 0 Å². The quantitative estimate of drug-likeness (QED) is 0.884. The lowest BCUT2D eigenvalue weighted by Gasteiger charge is -2.12. The molecule has 21 heavy (non-hydrogen) atoms. The molecule has 1 unspecified atom stereocenters. The molecular weight excluding hydrogens is 266 g/mol. The van der Waals surface area contributed by atoms with Crippen LogP contribution in [-0.2, 0) is 16.1 Å². The van der Waals surface area contributed by atoms with E-state index in [0.717, 1.165) is 37.1 Å². The summed E-state index contributed by atoms with van der Waals surface area (Å²) < 4.78 is 7.27. The fraction of sp³-hybridized carbons (Fsp3) is 0.438. The smallest absolute Gasteiger partial charge is 0.241 e. The summed E-state index contributed by atoms with van der Waals surface area (Å²) in [5, 5.41) is 7.39. The van der Waals surface area contributed by atoms with Gasteiger partial charge in [-0.05, 0) is 43.0 Å². The first-order valence-electron chi connectivity index (χ1n) is 7.40. The summed E-state index contributed by atoms with van der Waals surface area (Å²) in [5.74, 6) is 0.0573. The maximum atomic E-state index is 12.1. The molecule has 0 saturated carbocycles. The van der Waals surface area contributed by atoms with Crippen LogP contribution >= 0.6 is 0 Å². The van der Waals surface area contributed by atoms with Crippen LogP contribution in [0.3, 0.4) is 0 Å². The lowest BCUT2D eigenvalue weighted by molar-refractivity contribution is -0.117. The van der Waals surface area contributed by atoms with E-state index in [2.05, 4.69) is 21.3 Å². The number of fused-ring (bicyclic) bond motifs is 1. The second kappa shape index (κ2) is 6.28. The molecule has 2 heterocycles. The number of rotatable bonds is 5. The first-order chi connectivity index (χ1) is 10.3. The summed E-state index contributed by atoms with van der Waals surface area (Å²) in [5.41, 5.74) is 1.96. The van der Waals surface area contributed by atoms with Gasteiger partial charge >= 0.3 is 0 Å². The average Bonchev–Trinajstić information content (AvgIpc) is 3.15. The van der Waals surface area contributed by atoms with Crippen molar-refractivity contribution in [3.63, 3.8) is 0 Å². The molecule has 1 aromatic heterocycles. The van der Waals surface area contributed by atoms with Crippen LogP contribution < -0.4 is 10.6 Å². The van der Waals surface area contributed by atoms with Crippen molar-refractivity contribution >= 4 is 22.5 Å². The minimum Gasteiger partial charge on any atom is -0.383 e. The van der Waals surface area contributed by atoms with E-state index in [0.29, 0.717) is 6.61 Å². The van der Waals surface area contributed by atoms with Gasteiger partial charge in [0.15, 0.2) is 0 Å². The van der Waals surface area contributed by atoms with E-state index >= 15 is 0 Å². The third kappa shape index (κ3) is 3.09. The number of nitrogens with zero attached hydrogens (tertiary/aromatic N) is 1. The fourth-order valence-corrected chi connectivity index (χ4v) is 2.78. The molecule has 0 spiro atoms. The van der Waals surface area contributed by atoms with E-state index in [1.54, 1.807) is 7.11 Å². The molecule has 0 bridgehead atoms. The monoisotopic (exact) mass is 287 g/mol. The van der Waals surface area contributed by atoms with Gasteiger partial charge in [0.25, 0.3) is 0 Å². The molecule has 2 aromatic rings. The van der Waals surface area contributed by atoms with Crippen LogP contribution in [0.15, 0.2) is 30.5 Å². The first kappa shape index (κ1) is 14.1. The first-order valence-corrected chi connectivity index (χ1v) is 7.40. The third-order valence-corrected chi connectivity index (χ3v) is 3.95. The Balaban J connectivity index is 1.77. The number of hydrogen-bond donors (Lipinski definition) is 2. The van der Waals surface area contributed by atoms with E-state index < -0.39 is 0 Å². The molecule has 0 aliphatic carbocycles. The van der Waals surface area contributed by atoms with Crippen molar-refractivity contribution in [3.8, 4) is 0 Å². The lowest BCUT2D eigenvalue weighted by atomic mass is 10.2. The number of benzene rings is 1. The zero-order valence-corrected chi connectivity index (χ0v) is 12.3. The Labute approximate surface area is 124 Å². The minimum absolute atomic E-state index is 0.0547. The van der Waals surface area contributed by atoms with Gasteiger partial charge < -0.3 is 19.9 Å². The van der Waals surface area contributed by atoms with Gasteiger partial charge in [0.2, 0.25) is 5.91 Å². The highest BCUT2D eigenvalue weighted by Gasteiger charge is 2.21. The molecule has 1 saturated heterocycles. The Morgan fingerprint density at radius 2 is 2.38 bits per heavy atom. The van der Waals surface area contributed by atoms with Crippen LogP contribution in [0.1, 0.15) is 12.8 Å². The number of methoxy groups -OCH3 is 1. The molecule has 0 radical (unpaired) electrons. The average molecular weight is 287 g/mol. The second-order valence-electron chi connectivity index (χ2n) is 5.41.